The standard InChI is InChI=1S/C28H28N2O8/c1-5-35-25(31)21-13-19(14-22(29-21)26(32)36-6-2)17-9-11-18(12-10-17)20-15-23(27(33)37-7-3)30-24(16-20)28(34)38-8-4/h9-16H,5-8H2,1-4H3. The van der Waals surface area contributed by atoms with Crippen LogP contribution in [0.15, 0.2) is 48.5 Å². The smallest absolute Gasteiger partial charge is 0.356 e. The summed E-state index contributed by atoms with van der Waals surface area (Å²) in [6.07, 6.45) is 0. The summed E-state index contributed by atoms with van der Waals surface area (Å²) < 4.78 is 20.2. The maximum atomic E-state index is 12.3. The highest BCUT2D eigenvalue weighted by Crippen LogP contribution is 2.27. The molecule has 0 aliphatic heterocycles. The van der Waals surface area contributed by atoms with E-state index in [1.165, 1.54) is 24.3 Å². The minimum atomic E-state index is -0.661. The fraction of sp³-hybridized carbons (Fsp3) is 0.286. The second-order valence-electron chi connectivity index (χ2n) is 7.71. The molecule has 2 heterocycles. The Morgan fingerprint density at radius 1 is 0.474 bits per heavy atom. The monoisotopic (exact) mass is 520 g/mol. The van der Waals surface area contributed by atoms with Gasteiger partial charge in [0, 0.05) is 0 Å². The van der Waals surface area contributed by atoms with Crippen molar-refractivity contribution < 1.29 is 38.1 Å². The van der Waals surface area contributed by atoms with Crippen LogP contribution in [-0.4, -0.2) is 60.3 Å². The summed E-state index contributed by atoms with van der Waals surface area (Å²) in [5, 5.41) is 0. The summed E-state index contributed by atoms with van der Waals surface area (Å²) in [7, 11) is 0. The molecule has 0 bridgehead atoms. The number of pyridine rings is 2. The van der Waals surface area contributed by atoms with E-state index < -0.39 is 23.9 Å². The maximum Gasteiger partial charge on any atom is 0.356 e. The van der Waals surface area contributed by atoms with Gasteiger partial charge in [0.05, 0.1) is 26.4 Å². The number of rotatable bonds is 10. The highest BCUT2D eigenvalue weighted by Gasteiger charge is 2.19. The van der Waals surface area contributed by atoms with Crippen LogP contribution in [0.3, 0.4) is 0 Å². The molecule has 0 atom stereocenters. The largest absolute Gasteiger partial charge is 0.461 e. The molecule has 198 valence electrons. The van der Waals surface area contributed by atoms with Gasteiger partial charge in [-0.2, -0.15) is 0 Å². The van der Waals surface area contributed by atoms with Crippen molar-refractivity contribution in [3.8, 4) is 22.3 Å². The third-order valence-corrected chi connectivity index (χ3v) is 5.14. The van der Waals surface area contributed by atoms with Crippen molar-refractivity contribution >= 4 is 23.9 Å². The van der Waals surface area contributed by atoms with E-state index in [0.717, 1.165) is 0 Å². The number of esters is 4. The second-order valence-corrected chi connectivity index (χ2v) is 7.71. The molecule has 0 saturated carbocycles. The molecule has 0 unspecified atom stereocenters. The number of carbonyl (C=O) groups is 4. The fourth-order valence-corrected chi connectivity index (χ4v) is 3.49. The van der Waals surface area contributed by atoms with E-state index in [4.69, 9.17) is 18.9 Å². The highest BCUT2D eigenvalue weighted by molar-refractivity contribution is 5.95. The van der Waals surface area contributed by atoms with E-state index in [1.54, 1.807) is 52.0 Å². The Hall–Kier alpha value is -4.60. The van der Waals surface area contributed by atoms with Gasteiger partial charge in [0.25, 0.3) is 0 Å². The van der Waals surface area contributed by atoms with Gasteiger partial charge in [0.1, 0.15) is 22.8 Å². The van der Waals surface area contributed by atoms with E-state index in [0.29, 0.717) is 22.3 Å². The number of ether oxygens (including phenoxy) is 4. The van der Waals surface area contributed by atoms with Crippen molar-refractivity contribution in [3.05, 3.63) is 71.3 Å². The quantitative estimate of drug-likeness (QED) is 0.278. The van der Waals surface area contributed by atoms with Crippen molar-refractivity contribution in [1.82, 2.24) is 9.97 Å². The average Bonchev–Trinajstić information content (AvgIpc) is 2.93. The van der Waals surface area contributed by atoms with Crippen molar-refractivity contribution in [2.24, 2.45) is 0 Å². The predicted molar refractivity (Wildman–Crippen MR) is 137 cm³/mol. The molecule has 1 aromatic carbocycles. The van der Waals surface area contributed by atoms with E-state index in [-0.39, 0.29) is 49.2 Å². The first-order valence-electron chi connectivity index (χ1n) is 12.1. The Balaban J connectivity index is 2.04. The zero-order valence-electron chi connectivity index (χ0n) is 21.6. The highest BCUT2D eigenvalue weighted by atomic mass is 16.5. The van der Waals surface area contributed by atoms with Crippen molar-refractivity contribution in [2.45, 2.75) is 27.7 Å². The van der Waals surface area contributed by atoms with Gasteiger partial charge in [-0.05, 0) is 74.2 Å². The molecule has 0 N–H and O–H groups in total. The number of aromatic nitrogens is 2. The Morgan fingerprint density at radius 3 is 0.921 bits per heavy atom. The Labute approximate surface area is 219 Å². The molecule has 0 saturated heterocycles. The molecular weight excluding hydrogens is 492 g/mol. The van der Waals surface area contributed by atoms with E-state index in [2.05, 4.69) is 9.97 Å². The molecule has 38 heavy (non-hydrogen) atoms. The minimum Gasteiger partial charge on any atom is -0.461 e. The van der Waals surface area contributed by atoms with Crippen molar-refractivity contribution in [1.29, 1.82) is 0 Å². The zero-order chi connectivity index (χ0) is 27.7. The molecule has 0 fully saturated rings. The topological polar surface area (TPSA) is 131 Å². The fourth-order valence-electron chi connectivity index (χ4n) is 3.49. The van der Waals surface area contributed by atoms with Crippen LogP contribution in [0.1, 0.15) is 69.6 Å². The molecule has 0 amide bonds. The first-order valence-corrected chi connectivity index (χ1v) is 12.1. The molecule has 3 aromatic rings. The van der Waals surface area contributed by atoms with Crippen LogP contribution in [0.2, 0.25) is 0 Å². The molecule has 3 rings (SSSR count). The summed E-state index contributed by atoms with van der Waals surface area (Å²) in [5.74, 6) is -2.64. The van der Waals surface area contributed by atoms with Crippen LogP contribution >= 0.6 is 0 Å². The van der Waals surface area contributed by atoms with E-state index in [1.807, 2.05) is 0 Å². The normalized spacial score (nSPS) is 10.4. The molecule has 10 nitrogen and oxygen atoms in total. The average molecular weight is 521 g/mol. The first-order chi connectivity index (χ1) is 18.3. The van der Waals surface area contributed by atoms with Gasteiger partial charge in [0.2, 0.25) is 0 Å². The van der Waals surface area contributed by atoms with Crippen LogP contribution in [0.5, 0.6) is 0 Å². The SMILES string of the molecule is CCOC(=O)c1cc(-c2ccc(-c3cc(C(=O)OCC)nc(C(=O)OCC)c3)cc2)cc(C(=O)OCC)n1. The van der Waals surface area contributed by atoms with Gasteiger partial charge in [-0.1, -0.05) is 24.3 Å². The summed E-state index contributed by atoms with van der Waals surface area (Å²) in [6, 6.07) is 13.2. The van der Waals surface area contributed by atoms with Crippen molar-refractivity contribution in [3.63, 3.8) is 0 Å². The van der Waals surface area contributed by atoms with E-state index >= 15 is 0 Å². The minimum absolute atomic E-state index is 0.0243. The third kappa shape index (κ3) is 6.78. The summed E-state index contributed by atoms with van der Waals surface area (Å²) in [5.41, 5.74) is 2.36. The lowest BCUT2D eigenvalue weighted by molar-refractivity contribution is 0.0493. The lowest BCUT2D eigenvalue weighted by Gasteiger charge is -2.11. The van der Waals surface area contributed by atoms with Crippen LogP contribution in [0.4, 0.5) is 0 Å². The lowest BCUT2D eigenvalue weighted by atomic mass is 9.99. The van der Waals surface area contributed by atoms with Gasteiger partial charge in [-0.15, -0.1) is 0 Å². The van der Waals surface area contributed by atoms with Gasteiger partial charge in [-0.3, -0.25) is 0 Å². The number of nitrogens with zero attached hydrogens (tertiary/aromatic N) is 2. The van der Waals surface area contributed by atoms with Crippen LogP contribution < -0.4 is 0 Å². The van der Waals surface area contributed by atoms with Gasteiger partial charge in [-0.25, -0.2) is 29.1 Å². The van der Waals surface area contributed by atoms with E-state index in [9.17, 15) is 19.2 Å². The Bertz CT molecular complexity index is 1160. The van der Waals surface area contributed by atoms with Crippen molar-refractivity contribution in [2.75, 3.05) is 26.4 Å². The third-order valence-electron chi connectivity index (χ3n) is 5.14. The Kier molecular flexibility index (Phi) is 9.64. The predicted octanol–water partition coefficient (Wildman–Crippen LogP) is 4.52. The molecular formula is C28H28N2O8. The molecule has 2 aromatic heterocycles. The van der Waals surface area contributed by atoms with Crippen LogP contribution in [-0.2, 0) is 18.9 Å². The molecule has 0 aliphatic carbocycles. The Morgan fingerprint density at radius 2 is 0.711 bits per heavy atom. The van der Waals surface area contributed by atoms with Gasteiger partial charge >= 0.3 is 23.9 Å². The lowest BCUT2D eigenvalue weighted by Crippen LogP contribution is -2.13. The number of benzene rings is 1. The molecule has 0 radical (unpaired) electrons. The first kappa shape index (κ1) is 28.0. The zero-order valence-corrected chi connectivity index (χ0v) is 21.6. The van der Waals surface area contributed by atoms with Gasteiger partial charge < -0.3 is 18.9 Å². The number of hydrogen-bond donors (Lipinski definition) is 0. The summed E-state index contributed by atoms with van der Waals surface area (Å²) in [4.78, 5) is 57.6. The van der Waals surface area contributed by atoms with Gasteiger partial charge in [0.15, 0.2) is 0 Å². The number of hydrogen-bond acceptors (Lipinski definition) is 10. The number of carbonyl (C=O) groups excluding carboxylic acids is 4. The summed E-state index contributed by atoms with van der Waals surface area (Å²) in [6.45, 7) is 7.31. The van der Waals surface area contributed by atoms with Crippen LogP contribution in [0, 0.1) is 0 Å². The molecule has 10 heteroatoms. The maximum absolute atomic E-state index is 12.3. The summed E-state index contributed by atoms with van der Waals surface area (Å²) >= 11 is 0. The second kappa shape index (κ2) is 13.1. The molecule has 0 aliphatic rings. The molecule has 0 spiro atoms. The van der Waals surface area contributed by atoms with Crippen LogP contribution in [0.25, 0.3) is 22.3 Å².